The molecular formula is C14H18N2O3. The van der Waals surface area contributed by atoms with Gasteiger partial charge in [0.25, 0.3) is 0 Å². The maximum Gasteiger partial charge on any atom is 0.321 e. The summed E-state index contributed by atoms with van der Waals surface area (Å²) < 4.78 is 0. The van der Waals surface area contributed by atoms with E-state index in [1.165, 1.54) is 4.90 Å². The molecule has 0 radical (unpaired) electrons. The number of hydrogen-bond donors (Lipinski definition) is 2. The van der Waals surface area contributed by atoms with Crippen LogP contribution in [0, 0.1) is 0 Å². The highest BCUT2D eigenvalue weighted by atomic mass is 16.4. The van der Waals surface area contributed by atoms with Crippen molar-refractivity contribution in [2.75, 3.05) is 18.9 Å². The predicted octanol–water partition coefficient (Wildman–Crippen LogP) is 2.35. The Morgan fingerprint density at radius 2 is 1.89 bits per heavy atom. The number of aliphatic carboxylic acids is 1. The molecule has 0 aliphatic rings. The fourth-order valence-electron chi connectivity index (χ4n) is 1.58. The largest absolute Gasteiger partial charge is 0.481 e. The van der Waals surface area contributed by atoms with Gasteiger partial charge in [0.15, 0.2) is 0 Å². The first kappa shape index (κ1) is 14.8. The zero-order chi connectivity index (χ0) is 14.4. The minimum absolute atomic E-state index is 0.0240. The summed E-state index contributed by atoms with van der Waals surface area (Å²) in [6.45, 7) is 6.09. The monoisotopic (exact) mass is 262 g/mol. The Labute approximate surface area is 112 Å². The molecule has 0 spiro atoms. The first-order chi connectivity index (χ1) is 8.88. The van der Waals surface area contributed by atoms with Gasteiger partial charge in [-0.1, -0.05) is 24.3 Å². The highest BCUT2D eigenvalue weighted by Crippen LogP contribution is 2.11. The van der Waals surface area contributed by atoms with Crippen LogP contribution in [0.4, 0.5) is 10.5 Å². The number of nitrogens with one attached hydrogen (secondary N) is 1. The number of carboxylic acid groups (broad SMARTS) is 1. The molecule has 0 bridgehead atoms. The number of carbonyl (C=O) groups excluding carboxylic acids is 1. The molecule has 0 heterocycles. The van der Waals surface area contributed by atoms with Crippen molar-refractivity contribution >= 4 is 17.7 Å². The number of benzene rings is 1. The van der Waals surface area contributed by atoms with Crippen molar-refractivity contribution in [3.8, 4) is 0 Å². The van der Waals surface area contributed by atoms with E-state index in [1.54, 1.807) is 31.3 Å². The summed E-state index contributed by atoms with van der Waals surface area (Å²) >= 11 is 0. The first-order valence-electron chi connectivity index (χ1n) is 5.85. The summed E-state index contributed by atoms with van der Waals surface area (Å²) in [7, 11) is 1.68. The van der Waals surface area contributed by atoms with E-state index in [0.717, 1.165) is 5.57 Å². The van der Waals surface area contributed by atoms with Crippen molar-refractivity contribution < 1.29 is 14.7 Å². The summed E-state index contributed by atoms with van der Waals surface area (Å²) in [5, 5.41) is 11.4. The van der Waals surface area contributed by atoms with Gasteiger partial charge in [0.1, 0.15) is 0 Å². The van der Waals surface area contributed by atoms with Crippen molar-refractivity contribution in [1.82, 2.24) is 4.90 Å². The molecular weight excluding hydrogens is 244 g/mol. The fourth-order valence-corrected chi connectivity index (χ4v) is 1.58. The van der Waals surface area contributed by atoms with E-state index in [0.29, 0.717) is 17.8 Å². The summed E-state index contributed by atoms with van der Waals surface area (Å²) in [6.07, 6.45) is -0.0240. The molecule has 2 amide bonds. The molecule has 102 valence electrons. The lowest BCUT2D eigenvalue weighted by Crippen LogP contribution is -2.32. The number of rotatable bonds is 5. The second kappa shape index (κ2) is 6.58. The van der Waals surface area contributed by atoms with Crippen molar-refractivity contribution in [1.29, 1.82) is 0 Å². The number of urea groups is 1. The topological polar surface area (TPSA) is 69.6 Å². The molecule has 0 fully saturated rings. The Hall–Kier alpha value is -2.30. The second-order valence-corrected chi connectivity index (χ2v) is 4.51. The first-order valence-corrected chi connectivity index (χ1v) is 5.85. The molecule has 0 atom stereocenters. The predicted molar refractivity (Wildman–Crippen MR) is 74.2 cm³/mol. The van der Waals surface area contributed by atoms with E-state index < -0.39 is 5.97 Å². The van der Waals surface area contributed by atoms with Gasteiger partial charge in [-0.15, -0.1) is 0 Å². The number of carboxylic acids is 1. The number of hydrogen-bond acceptors (Lipinski definition) is 2. The van der Waals surface area contributed by atoms with Gasteiger partial charge in [-0.25, -0.2) is 4.79 Å². The molecule has 2 N–H and O–H groups in total. The summed E-state index contributed by atoms with van der Waals surface area (Å²) in [6, 6.07) is 6.51. The standard InChI is InChI=1S/C14H18N2O3/c1-10(2)9-16(3)14(19)15-12-6-4-11(5-7-12)8-13(17)18/h4-7H,1,8-9H2,2-3H3,(H,15,19)(H,17,18). The van der Waals surface area contributed by atoms with Crippen molar-refractivity contribution in [3.05, 3.63) is 42.0 Å². The second-order valence-electron chi connectivity index (χ2n) is 4.51. The molecule has 19 heavy (non-hydrogen) atoms. The molecule has 0 saturated heterocycles. The van der Waals surface area contributed by atoms with Crippen LogP contribution >= 0.6 is 0 Å². The van der Waals surface area contributed by atoms with Gasteiger partial charge in [0.05, 0.1) is 6.42 Å². The summed E-state index contributed by atoms with van der Waals surface area (Å²) in [4.78, 5) is 23.9. The lowest BCUT2D eigenvalue weighted by Gasteiger charge is -2.17. The third-order valence-corrected chi connectivity index (χ3v) is 2.41. The van der Waals surface area contributed by atoms with Gasteiger partial charge in [0.2, 0.25) is 0 Å². The molecule has 1 aromatic carbocycles. The molecule has 0 unspecified atom stereocenters. The van der Waals surface area contributed by atoms with Crippen LogP contribution in [-0.4, -0.2) is 35.6 Å². The molecule has 0 aliphatic heterocycles. The molecule has 0 aromatic heterocycles. The van der Waals surface area contributed by atoms with Gasteiger partial charge >= 0.3 is 12.0 Å². The van der Waals surface area contributed by atoms with Crippen LogP contribution in [0.1, 0.15) is 12.5 Å². The number of anilines is 1. The minimum atomic E-state index is -0.877. The van der Waals surface area contributed by atoms with Gasteiger partial charge in [-0.05, 0) is 24.6 Å². The highest BCUT2D eigenvalue weighted by molar-refractivity contribution is 5.89. The summed E-state index contributed by atoms with van der Waals surface area (Å²) in [5.41, 5.74) is 2.22. The Morgan fingerprint density at radius 3 is 2.37 bits per heavy atom. The minimum Gasteiger partial charge on any atom is -0.481 e. The van der Waals surface area contributed by atoms with Crippen LogP contribution in [-0.2, 0) is 11.2 Å². The quantitative estimate of drug-likeness (QED) is 0.800. The van der Waals surface area contributed by atoms with E-state index in [4.69, 9.17) is 5.11 Å². The number of amides is 2. The fraction of sp³-hybridized carbons (Fsp3) is 0.286. The Morgan fingerprint density at radius 1 is 1.32 bits per heavy atom. The van der Waals surface area contributed by atoms with Crippen LogP contribution < -0.4 is 5.32 Å². The maximum absolute atomic E-state index is 11.8. The summed E-state index contributed by atoms with van der Waals surface area (Å²) in [5.74, 6) is -0.877. The van der Waals surface area contributed by atoms with Gasteiger partial charge in [-0.3, -0.25) is 4.79 Å². The average molecular weight is 262 g/mol. The molecule has 5 heteroatoms. The average Bonchev–Trinajstić information content (AvgIpc) is 2.30. The molecule has 0 aliphatic carbocycles. The van der Waals surface area contributed by atoms with Crippen molar-refractivity contribution in [2.45, 2.75) is 13.3 Å². The highest BCUT2D eigenvalue weighted by Gasteiger charge is 2.08. The van der Waals surface area contributed by atoms with E-state index in [9.17, 15) is 9.59 Å². The number of nitrogens with zero attached hydrogens (tertiary/aromatic N) is 1. The van der Waals surface area contributed by atoms with Gasteiger partial charge in [-0.2, -0.15) is 0 Å². The smallest absolute Gasteiger partial charge is 0.321 e. The zero-order valence-corrected chi connectivity index (χ0v) is 11.1. The Balaban J connectivity index is 2.60. The molecule has 1 rings (SSSR count). The maximum atomic E-state index is 11.8. The number of likely N-dealkylation sites (N-methyl/N-ethyl adjacent to an activating group) is 1. The van der Waals surface area contributed by atoms with E-state index in [2.05, 4.69) is 11.9 Å². The van der Waals surface area contributed by atoms with E-state index in [-0.39, 0.29) is 12.5 Å². The molecule has 0 saturated carbocycles. The van der Waals surface area contributed by atoms with Crippen LogP contribution in [0.2, 0.25) is 0 Å². The normalized spacial score (nSPS) is 9.79. The van der Waals surface area contributed by atoms with Crippen LogP contribution in [0.5, 0.6) is 0 Å². The SMILES string of the molecule is C=C(C)CN(C)C(=O)Nc1ccc(CC(=O)O)cc1. The van der Waals surface area contributed by atoms with E-state index >= 15 is 0 Å². The third kappa shape index (κ3) is 5.25. The molecule has 1 aromatic rings. The van der Waals surface area contributed by atoms with Crippen LogP contribution in [0.25, 0.3) is 0 Å². The van der Waals surface area contributed by atoms with Gasteiger partial charge in [0, 0.05) is 19.3 Å². The lowest BCUT2D eigenvalue weighted by atomic mass is 10.1. The zero-order valence-electron chi connectivity index (χ0n) is 11.1. The Bertz CT molecular complexity index is 480. The van der Waals surface area contributed by atoms with E-state index in [1.807, 2.05) is 6.92 Å². The third-order valence-electron chi connectivity index (χ3n) is 2.41. The van der Waals surface area contributed by atoms with Crippen LogP contribution in [0.15, 0.2) is 36.4 Å². The number of carbonyl (C=O) groups is 2. The van der Waals surface area contributed by atoms with Gasteiger partial charge < -0.3 is 15.3 Å². The van der Waals surface area contributed by atoms with Crippen LogP contribution in [0.3, 0.4) is 0 Å². The van der Waals surface area contributed by atoms with Crippen molar-refractivity contribution in [3.63, 3.8) is 0 Å². The molecule has 5 nitrogen and oxygen atoms in total. The Kier molecular flexibility index (Phi) is 5.11. The lowest BCUT2D eigenvalue weighted by molar-refractivity contribution is -0.136. The van der Waals surface area contributed by atoms with Crippen molar-refractivity contribution in [2.24, 2.45) is 0 Å².